The van der Waals surface area contributed by atoms with E-state index < -0.39 is 29.4 Å². The van der Waals surface area contributed by atoms with E-state index in [-0.39, 0.29) is 5.56 Å². The second-order valence-electron chi connectivity index (χ2n) is 3.47. The predicted molar refractivity (Wildman–Crippen MR) is 52.7 cm³/mol. The topological polar surface area (TPSA) is 43.4 Å². The minimum Gasteiger partial charge on any atom is -0.465 e. The number of ketones is 1. The first-order valence-electron chi connectivity index (χ1n) is 4.79. The van der Waals surface area contributed by atoms with Gasteiger partial charge in [0.2, 0.25) is 0 Å². The van der Waals surface area contributed by atoms with Crippen molar-refractivity contribution < 1.29 is 36.3 Å². The summed E-state index contributed by atoms with van der Waals surface area (Å²) in [5.74, 6) is -8.70. The number of hydrogen-bond acceptors (Lipinski definition) is 3. The van der Waals surface area contributed by atoms with Crippen LogP contribution in [-0.2, 0) is 15.5 Å². The van der Waals surface area contributed by atoms with Crippen molar-refractivity contribution >= 4 is 11.8 Å². The lowest BCUT2D eigenvalue weighted by atomic mass is 10.0. The summed E-state index contributed by atoms with van der Waals surface area (Å²) in [7, 11) is 1.05. The van der Waals surface area contributed by atoms with Crippen molar-refractivity contribution in [2.45, 2.75) is 12.1 Å². The predicted octanol–water partition coefficient (Wildman–Crippen LogP) is 2.70. The highest BCUT2D eigenvalue weighted by Crippen LogP contribution is 2.36. The summed E-state index contributed by atoms with van der Waals surface area (Å²) in [5.41, 5.74) is -1.27. The van der Waals surface area contributed by atoms with Crippen molar-refractivity contribution in [2.24, 2.45) is 0 Å². The number of halogens is 5. The minimum absolute atomic E-state index is 0.124. The van der Waals surface area contributed by atoms with Gasteiger partial charge in [0.05, 0.1) is 12.7 Å². The summed E-state index contributed by atoms with van der Waals surface area (Å²) < 4.78 is 66.8. The van der Waals surface area contributed by atoms with Gasteiger partial charge in [-0.2, -0.15) is 22.0 Å². The van der Waals surface area contributed by atoms with Crippen molar-refractivity contribution in [1.29, 1.82) is 0 Å². The molecule has 0 amide bonds. The van der Waals surface area contributed by atoms with Crippen LogP contribution in [0.4, 0.5) is 22.0 Å². The molecular formula is C11H7F5O3. The molecule has 0 atom stereocenters. The van der Waals surface area contributed by atoms with Crippen LogP contribution in [0.5, 0.6) is 0 Å². The Labute approximate surface area is 104 Å². The zero-order valence-electron chi connectivity index (χ0n) is 9.42. The second-order valence-corrected chi connectivity index (χ2v) is 3.47. The van der Waals surface area contributed by atoms with Crippen molar-refractivity contribution in [1.82, 2.24) is 0 Å². The van der Waals surface area contributed by atoms with Gasteiger partial charge in [-0.3, -0.25) is 4.79 Å². The summed E-state index contributed by atoms with van der Waals surface area (Å²) >= 11 is 0. The number of esters is 1. The average molecular weight is 282 g/mol. The van der Waals surface area contributed by atoms with Crippen LogP contribution in [0, 0.1) is 0 Å². The Balaban J connectivity index is 3.10. The molecule has 0 bridgehead atoms. The summed E-state index contributed by atoms with van der Waals surface area (Å²) in [6.07, 6.45) is -5.65. The number of carbonyl (C=O) groups excluding carboxylic acids is 2. The van der Waals surface area contributed by atoms with Gasteiger partial charge in [0.15, 0.2) is 0 Å². The van der Waals surface area contributed by atoms with E-state index in [1.54, 1.807) is 0 Å². The van der Waals surface area contributed by atoms with Crippen molar-refractivity contribution in [3.8, 4) is 0 Å². The number of alkyl halides is 5. The summed E-state index contributed by atoms with van der Waals surface area (Å²) in [6, 6.07) is 2.82. The molecule has 1 aromatic carbocycles. The summed E-state index contributed by atoms with van der Waals surface area (Å²) in [5, 5.41) is 0. The lowest BCUT2D eigenvalue weighted by Crippen LogP contribution is -2.38. The molecule has 0 saturated carbocycles. The molecule has 104 valence electrons. The molecule has 0 aliphatic carbocycles. The van der Waals surface area contributed by atoms with Gasteiger partial charge in [0, 0.05) is 5.56 Å². The zero-order valence-corrected chi connectivity index (χ0v) is 9.42. The van der Waals surface area contributed by atoms with Gasteiger partial charge in [0.25, 0.3) is 0 Å². The Bertz CT molecular complexity index is 490. The highest BCUT2D eigenvalue weighted by molar-refractivity contribution is 5.92. The number of ether oxygens (including phenoxy) is 1. The number of carbonyl (C=O) groups is 2. The Morgan fingerprint density at radius 3 is 1.84 bits per heavy atom. The molecule has 0 heterocycles. The van der Waals surface area contributed by atoms with Crippen LogP contribution in [-0.4, -0.2) is 25.0 Å². The van der Waals surface area contributed by atoms with Crippen LogP contribution in [0.2, 0.25) is 0 Å². The highest BCUT2D eigenvalue weighted by atomic mass is 19.4. The molecule has 0 aromatic heterocycles. The molecule has 0 unspecified atom stereocenters. The Kier molecular flexibility index (Phi) is 3.92. The third kappa shape index (κ3) is 3.07. The first-order chi connectivity index (χ1) is 8.60. The number of rotatable bonds is 3. The Morgan fingerprint density at radius 1 is 1.00 bits per heavy atom. The summed E-state index contributed by atoms with van der Waals surface area (Å²) in [6.45, 7) is 0. The Hall–Kier alpha value is -1.99. The molecule has 0 fully saturated rings. The van der Waals surface area contributed by atoms with Crippen LogP contribution in [0.15, 0.2) is 24.3 Å². The van der Waals surface area contributed by atoms with E-state index >= 15 is 0 Å². The lowest BCUT2D eigenvalue weighted by molar-refractivity contribution is -0.196. The largest absolute Gasteiger partial charge is 0.465 e. The Morgan fingerprint density at radius 2 is 1.47 bits per heavy atom. The van der Waals surface area contributed by atoms with E-state index in [0.29, 0.717) is 12.1 Å². The quantitative estimate of drug-likeness (QED) is 0.632. The van der Waals surface area contributed by atoms with E-state index in [4.69, 9.17) is 0 Å². The maximum absolute atomic E-state index is 13.3. The monoisotopic (exact) mass is 282 g/mol. The maximum atomic E-state index is 13.3. The fourth-order valence-electron chi connectivity index (χ4n) is 1.24. The molecule has 8 heteroatoms. The highest BCUT2D eigenvalue weighted by Gasteiger charge is 2.55. The van der Waals surface area contributed by atoms with E-state index in [9.17, 15) is 31.5 Å². The third-order valence-corrected chi connectivity index (χ3v) is 2.21. The normalized spacial score (nSPS) is 12.1. The van der Waals surface area contributed by atoms with Gasteiger partial charge < -0.3 is 4.74 Å². The zero-order chi connectivity index (χ0) is 14.8. The number of methoxy groups -OCH3 is 1. The number of Topliss-reactive ketones (excluding diaryl/α,β-unsaturated/α-hetero) is 1. The van der Waals surface area contributed by atoms with E-state index in [1.807, 2.05) is 0 Å². The standard InChI is InChI=1S/C11H7F5O3/c1-19-8(17)6-2-4-7(5-3-6)10(12,13)9(18)11(14,15)16/h2-5H,1H3. The molecule has 1 rings (SSSR count). The molecule has 0 saturated heterocycles. The van der Waals surface area contributed by atoms with Gasteiger partial charge in [0.1, 0.15) is 0 Å². The number of hydrogen-bond donors (Lipinski definition) is 0. The fraction of sp³-hybridized carbons (Fsp3) is 0.273. The molecule has 19 heavy (non-hydrogen) atoms. The second kappa shape index (κ2) is 4.94. The molecule has 0 aliphatic heterocycles. The molecular weight excluding hydrogens is 275 g/mol. The summed E-state index contributed by atoms with van der Waals surface area (Å²) in [4.78, 5) is 21.6. The lowest BCUT2D eigenvalue weighted by Gasteiger charge is -2.17. The molecule has 0 spiro atoms. The smallest absolute Gasteiger partial charge is 0.456 e. The van der Waals surface area contributed by atoms with E-state index in [0.717, 1.165) is 19.2 Å². The van der Waals surface area contributed by atoms with Gasteiger partial charge in [-0.1, -0.05) is 12.1 Å². The van der Waals surface area contributed by atoms with Crippen molar-refractivity contribution in [3.05, 3.63) is 35.4 Å². The van der Waals surface area contributed by atoms with Crippen LogP contribution in [0.25, 0.3) is 0 Å². The SMILES string of the molecule is COC(=O)c1ccc(C(F)(F)C(=O)C(F)(F)F)cc1. The van der Waals surface area contributed by atoms with Crippen molar-refractivity contribution in [2.75, 3.05) is 7.11 Å². The molecule has 0 radical (unpaired) electrons. The van der Waals surface area contributed by atoms with Gasteiger partial charge >= 0.3 is 23.9 Å². The minimum atomic E-state index is -5.65. The number of benzene rings is 1. The molecule has 0 N–H and O–H groups in total. The van der Waals surface area contributed by atoms with E-state index in [1.165, 1.54) is 0 Å². The van der Waals surface area contributed by atoms with Crippen LogP contribution < -0.4 is 0 Å². The average Bonchev–Trinajstić information content (AvgIpc) is 2.36. The van der Waals surface area contributed by atoms with E-state index in [2.05, 4.69) is 4.74 Å². The molecule has 0 aliphatic rings. The molecule has 3 nitrogen and oxygen atoms in total. The van der Waals surface area contributed by atoms with Crippen molar-refractivity contribution in [3.63, 3.8) is 0 Å². The van der Waals surface area contributed by atoms with Gasteiger partial charge in [-0.25, -0.2) is 4.79 Å². The van der Waals surface area contributed by atoms with Crippen LogP contribution in [0.3, 0.4) is 0 Å². The molecule has 1 aromatic rings. The van der Waals surface area contributed by atoms with Gasteiger partial charge in [-0.05, 0) is 12.1 Å². The fourth-order valence-corrected chi connectivity index (χ4v) is 1.24. The van der Waals surface area contributed by atoms with Crippen LogP contribution in [0.1, 0.15) is 15.9 Å². The van der Waals surface area contributed by atoms with Gasteiger partial charge in [-0.15, -0.1) is 0 Å². The van der Waals surface area contributed by atoms with Crippen LogP contribution >= 0.6 is 0 Å². The maximum Gasteiger partial charge on any atom is 0.456 e. The first-order valence-corrected chi connectivity index (χ1v) is 4.79. The first kappa shape index (κ1) is 15.1. The third-order valence-electron chi connectivity index (χ3n) is 2.21.